The Balaban J connectivity index is 1.53. The van der Waals surface area contributed by atoms with E-state index in [1.165, 1.54) is 5.69 Å². The van der Waals surface area contributed by atoms with E-state index < -0.39 is 0 Å². The molecule has 0 bridgehead atoms. The van der Waals surface area contributed by atoms with Crippen LogP contribution in [0.3, 0.4) is 0 Å². The molecule has 4 heterocycles. The molecule has 1 aromatic heterocycles. The van der Waals surface area contributed by atoms with Gasteiger partial charge in [0.1, 0.15) is 0 Å². The normalized spacial score (nSPS) is 26.5. The highest BCUT2D eigenvalue weighted by molar-refractivity contribution is 5.81. The van der Waals surface area contributed by atoms with Crippen LogP contribution in [0.25, 0.3) is 0 Å². The summed E-state index contributed by atoms with van der Waals surface area (Å²) in [4.78, 5) is 17.6. The van der Waals surface area contributed by atoms with Crippen LogP contribution in [0.1, 0.15) is 18.5 Å². The van der Waals surface area contributed by atoms with Gasteiger partial charge in [0, 0.05) is 70.3 Å². The van der Waals surface area contributed by atoms with Gasteiger partial charge in [0.15, 0.2) is 0 Å². The van der Waals surface area contributed by atoms with Gasteiger partial charge in [0.25, 0.3) is 0 Å². The van der Waals surface area contributed by atoms with Gasteiger partial charge >= 0.3 is 0 Å². The van der Waals surface area contributed by atoms with E-state index in [1.807, 2.05) is 4.90 Å². The predicted molar refractivity (Wildman–Crippen MR) is 92.4 cm³/mol. The number of likely N-dealkylation sites (tertiary alicyclic amines) is 1. The maximum Gasteiger partial charge on any atom is 0.228 e. The molecule has 0 unspecified atom stereocenters. The maximum absolute atomic E-state index is 13.1. The summed E-state index contributed by atoms with van der Waals surface area (Å²) >= 11 is 0. The van der Waals surface area contributed by atoms with Crippen molar-refractivity contribution in [2.45, 2.75) is 19.4 Å². The Labute approximate surface area is 143 Å². The monoisotopic (exact) mass is 329 g/mol. The second kappa shape index (κ2) is 6.37. The Bertz CT molecular complexity index is 622. The standard InChI is InChI=1S/C19H27N3O2/c1-20-8-4-5-16(20)13-21-14-17(18(23)22-9-2-3-10-22)19(15-21)6-11-24-12-7-19/h2-5,8,17H,6-7,9-15H2,1H3/t17-/m0/s1. The maximum atomic E-state index is 13.1. The summed E-state index contributed by atoms with van der Waals surface area (Å²) in [5.74, 6) is 0.456. The number of aryl methyl sites for hydroxylation is 1. The van der Waals surface area contributed by atoms with Crippen LogP contribution in [0.2, 0.25) is 0 Å². The molecule has 0 aliphatic carbocycles. The summed E-state index contributed by atoms with van der Waals surface area (Å²) < 4.78 is 7.79. The highest BCUT2D eigenvalue weighted by Crippen LogP contribution is 2.45. The molecule has 0 aromatic carbocycles. The second-order valence-electron chi connectivity index (χ2n) is 7.52. The zero-order valence-electron chi connectivity index (χ0n) is 14.5. The van der Waals surface area contributed by atoms with Crippen molar-refractivity contribution >= 4 is 5.91 Å². The SMILES string of the molecule is Cn1cccc1CN1C[C@@H](C(=O)N2CC=CC2)C2(CCOCC2)C1. The first-order valence-corrected chi connectivity index (χ1v) is 9.02. The lowest BCUT2D eigenvalue weighted by Crippen LogP contribution is -2.45. The molecule has 0 radical (unpaired) electrons. The minimum absolute atomic E-state index is 0.100. The number of rotatable bonds is 3. The quantitative estimate of drug-likeness (QED) is 0.792. The Morgan fingerprint density at radius 1 is 1.29 bits per heavy atom. The lowest BCUT2D eigenvalue weighted by molar-refractivity contribution is -0.139. The van der Waals surface area contributed by atoms with Crippen LogP contribution in [0, 0.1) is 11.3 Å². The number of nitrogens with zero attached hydrogens (tertiary/aromatic N) is 3. The Kier molecular flexibility index (Phi) is 4.22. The van der Waals surface area contributed by atoms with E-state index in [2.05, 4.69) is 47.0 Å². The van der Waals surface area contributed by atoms with Crippen molar-refractivity contribution in [2.24, 2.45) is 18.4 Å². The summed E-state index contributed by atoms with van der Waals surface area (Å²) in [5, 5.41) is 0. The molecule has 5 heteroatoms. The van der Waals surface area contributed by atoms with E-state index in [4.69, 9.17) is 4.74 Å². The largest absolute Gasteiger partial charge is 0.381 e. The molecule has 130 valence electrons. The number of amides is 1. The lowest BCUT2D eigenvalue weighted by atomic mass is 9.71. The number of hydrogen-bond acceptors (Lipinski definition) is 3. The molecule has 1 spiro atoms. The van der Waals surface area contributed by atoms with Gasteiger partial charge in [-0.25, -0.2) is 0 Å². The summed E-state index contributed by atoms with van der Waals surface area (Å²) in [7, 11) is 2.09. The smallest absolute Gasteiger partial charge is 0.228 e. The molecule has 1 aromatic rings. The van der Waals surface area contributed by atoms with Gasteiger partial charge in [-0.1, -0.05) is 12.2 Å². The first-order valence-electron chi connectivity index (χ1n) is 9.02. The number of hydrogen-bond donors (Lipinski definition) is 0. The fourth-order valence-electron chi connectivity index (χ4n) is 4.59. The van der Waals surface area contributed by atoms with Gasteiger partial charge in [-0.2, -0.15) is 0 Å². The average molecular weight is 329 g/mol. The van der Waals surface area contributed by atoms with Gasteiger partial charge in [0.05, 0.1) is 5.92 Å². The predicted octanol–water partition coefficient (Wildman–Crippen LogP) is 1.65. The van der Waals surface area contributed by atoms with Crippen LogP contribution < -0.4 is 0 Å². The van der Waals surface area contributed by atoms with E-state index in [1.54, 1.807) is 0 Å². The zero-order valence-corrected chi connectivity index (χ0v) is 14.5. The van der Waals surface area contributed by atoms with E-state index in [-0.39, 0.29) is 11.3 Å². The van der Waals surface area contributed by atoms with Gasteiger partial charge in [-0.15, -0.1) is 0 Å². The van der Waals surface area contributed by atoms with E-state index in [0.29, 0.717) is 5.91 Å². The van der Waals surface area contributed by atoms with Crippen LogP contribution in [0.15, 0.2) is 30.5 Å². The summed E-state index contributed by atoms with van der Waals surface area (Å²) in [5.41, 5.74) is 1.41. The lowest BCUT2D eigenvalue weighted by Gasteiger charge is -2.38. The van der Waals surface area contributed by atoms with Crippen LogP contribution >= 0.6 is 0 Å². The van der Waals surface area contributed by atoms with Crippen LogP contribution in [-0.4, -0.2) is 59.7 Å². The molecular weight excluding hydrogens is 302 g/mol. The van der Waals surface area contributed by atoms with Gasteiger partial charge in [-0.05, 0) is 25.0 Å². The molecule has 3 aliphatic heterocycles. The third-order valence-electron chi connectivity index (χ3n) is 6.07. The Morgan fingerprint density at radius 3 is 2.71 bits per heavy atom. The molecular formula is C19H27N3O2. The van der Waals surface area contributed by atoms with Crippen molar-refractivity contribution in [2.75, 3.05) is 39.4 Å². The highest BCUT2D eigenvalue weighted by Gasteiger charge is 2.51. The number of carbonyl (C=O) groups excluding carboxylic acids is 1. The highest BCUT2D eigenvalue weighted by atomic mass is 16.5. The fourth-order valence-corrected chi connectivity index (χ4v) is 4.59. The topological polar surface area (TPSA) is 37.7 Å². The molecule has 5 nitrogen and oxygen atoms in total. The fraction of sp³-hybridized carbons (Fsp3) is 0.632. The first-order chi connectivity index (χ1) is 11.7. The summed E-state index contributed by atoms with van der Waals surface area (Å²) in [6.07, 6.45) is 8.31. The number of ether oxygens (including phenoxy) is 1. The van der Waals surface area contributed by atoms with Gasteiger partial charge in [0.2, 0.25) is 5.91 Å². The summed E-state index contributed by atoms with van der Waals surface area (Å²) in [6.45, 7) is 5.95. The zero-order chi connectivity index (χ0) is 16.6. The average Bonchev–Trinajstić information content (AvgIpc) is 3.31. The third kappa shape index (κ3) is 2.80. The van der Waals surface area contributed by atoms with Gasteiger partial charge < -0.3 is 14.2 Å². The van der Waals surface area contributed by atoms with Gasteiger partial charge in [-0.3, -0.25) is 9.69 Å². The molecule has 4 rings (SSSR count). The Hall–Kier alpha value is -1.59. The van der Waals surface area contributed by atoms with Crippen LogP contribution in [-0.2, 0) is 23.1 Å². The third-order valence-corrected chi connectivity index (χ3v) is 6.07. The molecule has 1 atom stereocenters. The molecule has 2 fully saturated rings. The molecule has 24 heavy (non-hydrogen) atoms. The van der Waals surface area contributed by atoms with Crippen molar-refractivity contribution in [3.05, 3.63) is 36.2 Å². The van der Waals surface area contributed by atoms with E-state index in [0.717, 1.165) is 58.8 Å². The van der Waals surface area contributed by atoms with Crippen molar-refractivity contribution < 1.29 is 9.53 Å². The number of carbonyl (C=O) groups is 1. The number of aromatic nitrogens is 1. The van der Waals surface area contributed by atoms with Crippen molar-refractivity contribution in [1.82, 2.24) is 14.4 Å². The minimum atomic E-state index is 0.100. The summed E-state index contributed by atoms with van der Waals surface area (Å²) in [6, 6.07) is 4.27. The first kappa shape index (κ1) is 15.9. The van der Waals surface area contributed by atoms with E-state index in [9.17, 15) is 4.79 Å². The minimum Gasteiger partial charge on any atom is -0.381 e. The molecule has 1 amide bonds. The van der Waals surface area contributed by atoms with E-state index >= 15 is 0 Å². The molecule has 0 saturated carbocycles. The van der Waals surface area contributed by atoms with Crippen molar-refractivity contribution in [3.63, 3.8) is 0 Å². The molecule has 0 N–H and O–H groups in total. The Morgan fingerprint density at radius 2 is 2.04 bits per heavy atom. The van der Waals surface area contributed by atoms with Crippen LogP contribution in [0.5, 0.6) is 0 Å². The van der Waals surface area contributed by atoms with Crippen molar-refractivity contribution in [1.29, 1.82) is 0 Å². The molecule has 3 aliphatic rings. The second-order valence-corrected chi connectivity index (χ2v) is 7.52. The molecule has 2 saturated heterocycles. The van der Waals surface area contributed by atoms with Crippen molar-refractivity contribution in [3.8, 4) is 0 Å². The van der Waals surface area contributed by atoms with Crippen LogP contribution in [0.4, 0.5) is 0 Å².